The van der Waals surface area contributed by atoms with E-state index in [4.69, 9.17) is 17.3 Å². The van der Waals surface area contributed by atoms with Crippen molar-refractivity contribution in [2.75, 3.05) is 19.3 Å². The molecule has 1 aromatic carbocycles. The van der Waals surface area contributed by atoms with Crippen molar-refractivity contribution in [3.63, 3.8) is 0 Å². The molecule has 0 aliphatic carbocycles. The molecule has 1 aliphatic heterocycles. The summed E-state index contributed by atoms with van der Waals surface area (Å²) >= 11 is 5.99. The summed E-state index contributed by atoms with van der Waals surface area (Å²) in [4.78, 5) is 18.9. The summed E-state index contributed by atoms with van der Waals surface area (Å²) in [7, 11) is 1.72. The second-order valence-electron chi connectivity index (χ2n) is 5.09. The molecule has 0 bridgehead atoms. The fourth-order valence-corrected chi connectivity index (χ4v) is 2.90. The highest BCUT2D eigenvalue weighted by atomic mass is 35.5. The maximum absolute atomic E-state index is 12.8. The topological polar surface area (TPSA) is 58.7 Å². The van der Waals surface area contributed by atoms with Crippen LogP contribution in [0.5, 0.6) is 0 Å². The molecular formula is C16H20ClN3O. The first kappa shape index (κ1) is 15.6. The molecular weight excluding hydrogens is 286 g/mol. The maximum Gasteiger partial charge on any atom is 0.256 e. The SMILES string of the molecule is C=CC(=NC)C1CCCCN1C(=O)c1cc(Cl)ccc1N. The smallest absolute Gasteiger partial charge is 0.256 e. The molecule has 1 atom stereocenters. The third-order valence-corrected chi connectivity index (χ3v) is 4.05. The average Bonchev–Trinajstić information content (AvgIpc) is 2.51. The Balaban J connectivity index is 2.35. The lowest BCUT2D eigenvalue weighted by atomic mass is 9.96. The number of carbonyl (C=O) groups excluding carboxylic acids is 1. The summed E-state index contributed by atoms with van der Waals surface area (Å²) in [5.74, 6) is -0.0947. The van der Waals surface area contributed by atoms with Gasteiger partial charge < -0.3 is 10.6 Å². The fourth-order valence-electron chi connectivity index (χ4n) is 2.73. The van der Waals surface area contributed by atoms with Crippen molar-refractivity contribution in [1.29, 1.82) is 0 Å². The van der Waals surface area contributed by atoms with Crippen LogP contribution in [0.15, 0.2) is 35.8 Å². The quantitative estimate of drug-likeness (QED) is 0.689. The average molecular weight is 306 g/mol. The van der Waals surface area contributed by atoms with Crippen molar-refractivity contribution < 1.29 is 4.79 Å². The zero-order valence-electron chi connectivity index (χ0n) is 12.2. The molecule has 1 aromatic rings. The van der Waals surface area contributed by atoms with E-state index < -0.39 is 0 Å². The Morgan fingerprint density at radius 1 is 1.52 bits per heavy atom. The summed E-state index contributed by atoms with van der Waals surface area (Å²) in [6.45, 7) is 4.49. The number of rotatable bonds is 3. The van der Waals surface area contributed by atoms with Gasteiger partial charge in [0.25, 0.3) is 5.91 Å². The number of nitrogen functional groups attached to an aromatic ring is 1. The molecule has 1 saturated heterocycles. The van der Waals surface area contributed by atoms with Crippen LogP contribution >= 0.6 is 11.6 Å². The van der Waals surface area contributed by atoms with E-state index >= 15 is 0 Å². The minimum Gasteiger partial charge on any atom is -0.398 e. The summed E-state index contributed by atoms with van der Waals surface area (Å²) in [6, 6.07) is 4.94. The largest absolute Gasteiger partial charge is 0.398 e. The molecule has 0 saturated carbocycles. The monoisotopic (exact) mass is 305 g/mol. The van der Waals surface area contributed by atoms with Crippen LogP contribution in [0.25, 0.3) is 0 Å². The molecule has 1 amide bonds. The van der Waals surface area contributed by atoms with Crippen molar-refractivity contribution in [3.05, 3.63) is 41.4 Å². The molecule has 1 unspecified atom stereocenters. The first-order valence-electron chi connectivity index (χ1n) is 7.03. The summed E-state index contributed by atoms with van der Waals surface area (Å²) < 4.78 is 0. The van der Waals surface area contributed by atoms with Crippen LogP contribution in [0.4, 0.5) is 5.69 Å². The number of nitrogens with zero attached hydrogens (tertiary/aromatic N) is 2. The van der Waals surface area contributed by atoms with Crippen LogP contribution in [0.3, 0.4) is 0 Å². The van der Waals surface area contributed by atoms with Gasteiger partial charge in [-0.15, -0.1) is 0 Å². The number of hydrogen-bond donors (Lipinski definition) is 1. The van der Waals surface area contributed by atoms with E-state index in [1.807, 2.05) is 4.90 Å². The molecule has 21 heavy (non-hydrogen) atoms. The van der Waals surface area contributed by atoms with Gasteiger partial charge in [-0.05, 0) is 43.5 Å². The lowest BCUT2D eigenvalue weighted by Gasteiger charge is -2.36. The van der Waals surface area contributed by atoms with Gasteiger partial charge in [-0.25, -0.2) is 0 Å². The van der Waals surface area contributed by atoms with Crippen LogP contribution < -0.4 is 5.73 Å². The molecule has 4 nitrogen and oxygen atoms in total. The standard InChI is InChI=1S/C16H20ClN3O/c1-3-14(19-2)15-6-4-5-9-20(15)16(21)12-10-11(17)7-8-13(12)18/h3,7-8,10,15H,1,4-6,9,18H2,2H3. The van der Waals surface area contributed by atoms with Crippen molar-refractivity contribution in [3.8, 4) is 0 Å². The molecule has 0 aromatic heterocycles. The number of halogens is 1. The Bertz CT molecular complexity index is 583. The minimum absolute atomic E-state index is 0.0351. The van der Waals surface area contributed by atoms with Gasteiger partial charge in [-0.3, -0.25) is 9.79 Å². The number of likely N-dealkylation sites (tertiary alicyclic amines) is 1. The summed E-state index contributed by atoms with van der Waals surface area (Å²) in [5, 5.41) is 0.509. The normalized spacial score (nSPS) is 19.4. The second kappa shape index (κ2) is 6.76. The molecule has 112 valence electrons. The van der Waals surface area contributed by atoms with Crippen molar-refractivity contribution in [1.82, 2.24) is 4.90 Å². The zero-order chi connectivity index (χ0) is 15.4. The van der Waals surface area contributed by atoms with Crippen LogP contribution in [0.1, 0.15) is 29.6 Å². The number of aliphatic imine (C=N–C) groups is 1. The second-order valence-corrected chi connectivity index (χ2v) is 5.53. The summed E-state index contributed by atoms with van der Waals surface area (Å²) in [5.41, 5.74) is 7.66. The Labute approximate surface area is 130 Å². The number of benzene rings is 1. The predicted octanol–water partition coefficient (Wildman–Crippen LogP) is 3.17. The van der Waals surface area contributed by atoms with E-state index in [-0.39, 0.29) is 11.9 Å². The molecule has 5 heteroatoms. The third-order valence-electron chi connectivity index (χ3n) is 3.82. The van der Waals surface area contributed by atoms with Gasteiger partial charge >= 0.3 is 0 Å². The van der Waals surface area contributed by atoms with Crippen molar-refractivity contribution in [2.24, 2.45) is 4.99 Å². The number of amides is 1. The molecule has 0 spiro atoms. The number of hydrogen-bond acceptors (Lipinski definition) is 3. The van der Waals surface area contributed by atoms with E-state index in [1.54, 1.807) is 31.3 Å². The van der Waals surface area contributed by atoms with Gasteiger partial charge in [0.05, 0.1) is 17.3 Å². The van der Waals surface area contributed by atoms with Gasteiger partial charge in [0.1, 0.15) is 0 Å². The number of nitrogens with two attached hydrogens (primary N) is 1. The summed E-state index contributed by atoms with van der Waals surface area (Å²) in [6.07, 6.45) is 4.67. The highest BCUT2D eigenvalue weighted by molar-refractivity contribution is 6.31. The van der Waals surface area contributed by atoms with Gasteiger partial charge in [0.2, 0.25) is 0 Å². The van der Waals surface area contributed by atoms with Gasteiger partial charge in [-0.1, -0.05) is 18.2 Å². The van der Waals surface area contributed by atoms with Crippen LogP contribution in [-0.4, -0.2) is 36.2 Å². The molecule has 1 fully saturated rings. The maximum atomic E-state index is 12.8. The van der Waals surface area contributed by atoms with E-state index in [0.717, 1.165) is 25.0 Å². The van der Waals surface area contributed by atoms with Gasteiger partial charge in [-0.2, -0.15) is 0 Å². The Morgan fingerprint density at radius 3 is 2.95 bits per heavy atom. The van der Waals surface area contributed by atoms with E-state index in [1.165, 1.54) is 0 Å². The first-order chi connectivity index (χ1) is 10.1. The fraction of sp³-hybridized carbons (Fsp3) is 0.375. The van der Waals surface area contributed by atoms with Crippen LogP contribution in [0, 0.1) is 0 Å². The van der Waals surface area contributed by atoms with Crippen molar-refractivity contribution >= 4 is 28.9 Å². The first-order valence-corrected chi connectivity index (χ1v) is 7.41. The zero-order valence-corrected chi connectivity index (χ0v) is 12.9. The predicted molar refractivity (Wildman–Crippen MR) is 88.1 cm³/mol. The minimum atomic E-state index is -0.0947. The highest BCUT2D eigenvalue weighted by Gasteiger charge is 2.30. The number of anilines is 1. The Hall–Kier alpha value is -1.81. The molecule has 2 N–H and O–H groups in total. The van der Waals surface area contributed by atoms with Crippen LogP contribution in [0.2, 0.25) is 5.02 Å². The molecule has 1 aliphatic rings. The van der Waals surface area contributed by atoms with E-state index in [2.05, 4.69) is 11.6 Å². The molecule has 2 rings (SSSR count). The highest BCUT2D eigenvalue weighted by Crippen LogP contribution is 2.25. The van der Waals surface area contributed by atoms with Crippen molar-refractivity contribution in [2.45, 2.75) is 25.3 Å². The Kier molecular flexibility index (Phi) is 5.02. The molecule has 1 heterocycles. The molecule has 0 radical (unpaired) electrons. The van der Waals surface area contributed by atoms with E-state index in [0.29, 0.717) is 22.8 Å². The van der Waals surface area contributed by atoms with Gasteiger partial charge in [0, 0.05) is 24.3 Å². The third kappa shape index (κ3) is 3.27. The number of piperidine rings is 1. The Morgan fingerprint density at radius 2 is 2.29 bits per heavy atom. The lowest BCUT2D eigenvalue weighted by molar-refractivity contribution is 0.0682. The van der Waals surface area contributed by atoms with Gasteiger partial charge in [0.15, 0.2) is 0 Å². The van der Waals surface area contributed by atoms with Crippen LogP contribution in [-0.2, 0) is 0 Å². The number of carbonyl (C=O) groups is 1. The lowest BCUT2D eigenvalue weighted by Crippen LogP contribution is -2.47. The van der Waals surface area contributed by atoms with E-state index in [9.17, 15) is 4.79 Å².